The molecule has 0 amide bonds. The molecule has 0 aromatic heterocycles. The fourth-order valence-electron chi connectivity index (χ4n) is 1.26. The number of nitrogens with two attached hydrogens (primary N) is 1. The van der Waals surface area contributed by atoms with E-state index in [9.17, 15) is 4.79 Å². The maximum atomic E-state index is 11.3. The van der Waals surface area contributed by atoms with Crippen LogP contribution in [0.1, 0.15) is 15.9 Å². The summed E-state index contributed by atoms with van der Waals surface area (Å²) in [6, 6.07) is 5.39. The van der Waals surface area contributed by atoms with Gasteiger partial charge in [-0.3, -0.25) is 0 Å². The van der Waals surface area contributed by atoms with E-state index in [0.717, 1.165) is 23.1 Å². The number of carbonyl (C=O) groups is 1. The van der Waals surface area contributed by atoms with Crippen molar-refractivity contribution in [1.82, 2.24) is 5.32 Å². The molecule has 0 saturated carbocycles. The largest absolute Gasteiger partial charge is 0.465 e. The normalized spacial score (nSPS) is 10.2. The van der Waals surface area contributed by atoms with Crippen molar-refractivity contribution in [2.24, 2.45) is 5.73 Å². The minimum Gasteiger partial charge on any atom is -0.465 e. The van der Waals surface area contributed by atoms with Gasteiger partial charge in [0.1, 0.15) is 0 Å². The van der Waals surface area contributed by atoms with Crippen LogP contribution in [0, 0.1) is 0 Å². The second kappa shape index (κ2) is 6.62. The summed E-state index contributed by atoms with van der Waals surface area (Å²) < 4.78 is 5.53. The fourth-order valence-corrected chi connectivity index (χ4v) is 1.78. The van der Waals surface area contributed by atoms with Gasteiger partial charge < -0.3 is 15.8 Å². The second-order valence-electron chi connectivity index (χ2n) is 3.26. The quantitative estimate of drug-likeness (QED) is 0.632. The summed E-state index contributed by atoms with van der Waals surface area (Å²) in [5, 5.41) is 3.18. The first kappa shape index (κ1) is 13.2. The molecular weight excluding hydrogens is 272 g/mol. The summed E-state index contributed by atoms with van der Waals surface area (Å²) in [6.45, 7) is 2.10. The van der Waals surface area contributed by atoms with E-state index in [4.69, 9.17) is 5.73 Å². The van der Waals surface area contributed by atoms with Crippen LogP contribution in [-0.4, -0.2) is 26.2 Å². The van der Waals surface area contributed by atoms with Gasteiger partial charge >= 0.3 is 5.97 Å². The van der Waals surface area contributed by atoms with Crippen LogP contribution in [0.15, 0.2) is 22.7 Å². The van der Waals surface area contributed by atoms with Crippen LogP contribution in [0.3, 0.4) is 0 Å². The van der Waals surface area contributed by atoms with Crippen molar-refractivity contribution in [3.8, 4) is 0 Å². The number of benzene rings is 1. The van der Waals surface area contributed by atoms with Crippen LogP contribution in [0.4, 0.5) is 0 Å². The van der Waals surface area contributed by atoms with Gasteiger partial charge in [0.25, 0.3) is 0 Å². The molecule has 0 aliphatic heterocycles. The van der Waals surface area contributed by atoms with E-state index in [0.29, 0.717) is 12.1 Å². The topological polar surface area (TPSA) is 64.3 Å². The summed E-state index contributed by atoms with van der Waals surface area (Å²) in [5.41, 5.74) is 7.00. The van der Waals surface area contributed by atoms with E-state index in [1.54, 1.807) is 12.1 Å². The third-order valence-electron chi connectivity index (χ3n) is 2.11. The van der Waals surface area contributed by atoms with Gasteiger partial charge in [-0.05, 0) is 17.7 Å². The van der Waals surface area contributed by atoms with Gasteiger partial charge in [0, 0.05) is 24.1 Å². The molecule has 0 aliphatic carbocycles. The molecule has 0 heterocycles. The van der Waals surface area contributed by atoms with Crippen molar-refractivity contribution in [2.75, 3.05) is 20.2 Å². The summed E-state index contributed by atoms with van der Waals surface area (Å²) in [5.74, 6) is -0.331. The third kappa shape index (κ3) is 3.59. The maximum Gasteiger partial charge on any atom is 0.337 e. The first-order chi connectivity index (χ1) is 7.69. The molecule has 0 fully saturated rings. The Kier molecular flexibility index (Phi) is 5.45. The zero-order valence-electron chi connectivity index (χ0n) is 9.13. The minimum absolute atomic E-state index is 0.331. The van der Waals surface area contributed by atoms with Crippen molar-refractivity contribution in [2.45, 2.75) is 6.54 Å². The van der Waals surface area contributed by atoms with Gasteiger partial charge in [0.2, 0.25) is 0 Å². The van der Waals surface area contributed by atoms with E-state index >= 15 is 0 Å². The third-order valence-corrected chi connectivity index (χ3v) is 2.85. The van der Waals surface area contributed by atoms with Crippen molar-refractivity contribution >= 4 is 21.9 Å². The zero-order valence-corrected chi connectivity index (χ0v) is 10.7. The van der Waals surface area contributed by atoms with E-state index in [1.807, 2.05) is 6.07 Å². The molecule has 0 unspecified atom stereocenters. The first-order valence-corrected chi connectivity index (χ1v) is 5.76. The molecule has 0 aliphatic rings. The van der Waals surface area contributed by atoms with Crippen molar-refractivity contribution in [1.29, 1.82) is 0 Å². The van der Waals surface area contributed by atoms with Crippen LogP contribution in [0.5, 0.6) is 0 Å². The molecule has 0 bridgehead atoms. The van der Waals surface area contributed by atoms with E-state index in [1.165, 1.54) is 7.11 Å². The van der Waals surface area contributed by atoms with Crippen LogP contribution >= 0.6 is 15.9 Å². The molecule has 4 nitrogen and oxygen atoms in total. The molecule has 1 rings (SSSR count). The van der Waals surface area contributed by atoms with Gasteiger partial charge in [-0.15, -0.1) is 0 Å². The number of carbonyl (C=O) groups excluding carboxylic acids is 1. The molecule has 1 aromatic rings. The number of rotatable bonds is 5. The maximum absolute atomic E-state index is 11.3. The van der Waals surface area contributed by atoms with Gasteiger partial charge in [-0.25, -0.2) is 4.79 Å². The lowest BCUT2D eigenvalue weighted by Gasteiger charge is -2.07. The summed E-state index contributed by atoms with van der Waals surface area (Å²) in [6.07, 6.45) is 0. The molecule has 1 aromatic carbocycles. The minimum atomic E-state index is -0.331. The van der Waals surface area contributed by atoms with Crippen LogP contribution in [0.2, 0.25) is 0 Å². The van der Waals surface area contributed by atoms with Crippen molar-refractivity contribution in [3.63, 3.8) is 0 Å². The number of methoxy groups -OCH3 is 1. The zero-order chi connectivity index (χ0) is 12.0. The molecule has 5 heteroatoms. The Morgan fingerprint density at radius 1 is 1.56 bits per heavy atom. The standard InChI is InChI=1S/C11H15BrN2O2/c1-16-11(15)8-2-3-9(10(12)6-8)7-14-5-4-13/h2-3,6,14H,4-5,7,13H2,1H3. The lowest BCUT2D eigenvalue weighted by molar-refractivity contribution is 0.0600. The van der Waals surface area contributed by atoms with Crippen molar-refractivity contribution in [3.05, 3.63) is 33.8 Å². The number of nitrogens with one attached hydrogen (secondary N) is 1. The monoisotopic (exact) mass is 286 g/mol. The predicted molar refractivity (Wildman–Crippen MR) is 66.2 cm³/mol. The van der Waals surface area contributed by atoms with Crippen LogP contribution in [-0.2, 0) is 11.3 Å². The number of esters is 1. The molecule has 16 heavy (non-hydrogen) atoms. The van der Waals surface area contributed by atoms with Gasteiger partial charge in [-0.2, -0.15) is 0 Å². The Morgan fingerprint density at radius 3 is 2.88 bits per heavy atom. The van der Waals surface area contributed by atoms with E-state index in [-0.39, 0.29) is 5.97 Å². The molecule has 0 radical (unpaired) electrons. The number of hydrogen-bond acceptors (Lipinski definition) is 4. The number of hydrogen-bond donors (Lipinski definition) is 2. The molecule has 88 valence electrons. The number of ether oxygens (including phenoxy) is 1. The summed E-state index contributed by atoms with van der Waals surface area (Å²) in [4.78, 5) is 11.3. The molecule has 3 N–H and O–H groups in total. The Balaban J connectivity index is 2.71. The Labute approximate surface area is 103 Å². The average molecular weight is 287 g/mol. The lowest BCUT2D eigenvalue weighted by atomic mass is 10.1. The number of halogens is 1. The Hall–Kier alpha value is -0.910. The van der Waals surface area contributed by atoms with Crippen LogP contribution in [0.25, 0.3) is 0 Å². The molecular formula is C11H15BrN2O2. The SMILES string of the molecule is COC(=O)c1ccc(CNCCN)c(Br)c1. The average Bonchev–Trinajstić information content (AvgIpc) is 2.30. The smallest absolute Gasteiger partial charge is 0.337 e. The Morgan fingerprint density at radius 2 is 2.31 bits per heavy atom. The molecule has 0 spiro atoms. The predicted octanol–water partition coefficient (Wildman–Crippen LogP) is 1.28. The Bertz CT molecular complexity index is 369. The van der Waals surface area contributed by atoms with Gasteiger partial charge in [-0.1, -0.05) is 22.0 Å². The summed E-state index contributed by atoms with van der Waals surface area (Å²) in [7, 11) is 1.37. The van der Waals surface area contributed by atoms with Gasteiger partial charge in [0.15, 0.2) is 0 Å². The highest BCUT2D eigenvalue weighted by Gasteiger charge is 2.07. The van der Waals surface area contributed by atoms with Gasteiger partial charge in [0.05, 0.1) is 12.7 Å². The van der Waals surface area contributed by atoms with Crippen LogP contribution < -0.4 is 11.1 Å². The molecule has 0 saturated heterocycles. The highest BCUT2D eigenvalue weighted by Crippen LogP contribution is 2.19. The lowest BCUT2D eigenvalue weighted by Crippen LogP contribution is -2.22. The second-order valence-corrected chi connectivity index (χ2v) is 4.12. The summed E-state index contributed by atoms with van der Waals surface area (Å²) >= 11 is 3.42. The first-order valence-electron chi connectivity index (χ1n) is 4.96. The van der Waals surface area contributed by atoms with E-state index < -0.39 is 0 Å². The molecule has 0 atom stereocenters. The van der Waals surface area contributed by atoms with E-state index in [2.05, 4.69) is 26.0 Å². The fraction of sp³-hybridized carbons (Fsp3) is 0.364. The highest BCUT2D eigenvalue weighted by molar-refractivity contribution is 9.10. The van der Waals surface area contributed by atoms with Crippen molar-refractivity contribution < 1.29 is 9.53 Å². The highest BCUT2D eigenvalue weighted by atomic mass is 79.9.